The Kier molecular flexibility index (Phi) is 3.77. The van der Waals surface area contributed by atoms with Crippen LogP contribution in [0.1, 0.15) is 10.4 Å². The van der Waals surface area contributed by atoms with Gasteiger partial charge in [-0.3, -0.25) is 9.69 Å². The van der Waals surface area contributed by atoms with E-state index >= 15 is 0 Å². The Balaban J connectivity index is 1.79. The van der Waals surface area contributed by atoms with E-state index in [1.54, 1.807) is 30.3 Å². The monoisotopic (exact) mass is 318 g/mol. The number of nitrogens with zero attached hydrogens (tertiary/aromatic N) is 1. The van der Waals surface area contributed by atoms with Gasteiger partial charge in [0.15, 0.2) is 0 Å². The van der Waals surface area contributed by atoms with Gasteiger partial charge in [-0.2, -0.15) is 0 Å². The van der Waals surface area contributed by atoms with Crippen molar-refractivity contribution >= 4 is 41.0 Å². The highest BCUT2D eigenvalue weighted by Crippen LogP contribution is 2.19. The minimum atomic E-state index is -0.405. The van der Waals surface area contributed by atoms with Crippen LogP contribution in [0.4, 0.5) is 4.79 Å². The minimum Gasteiger partial charge on any atom is -0.303 e. The number of carbonyl (C=O) groups excluding carboxylic acids is 2. The molecule has 0 radical (unpaired) electrons. The Morgan fingerprint density at radius 1 is 1.19 bits per heavy atom. The number of hydrogen-bond donors (Lipinski definition) is 1. The molecule has 2 heterocycles. The number of urea groups is 1. The van der Waals surface area contributed by atoms with Crippen molar-refractivity contribution in [3.05, 3.63) is 62.9 Å². The molecule has 106 valence electrons. The largest absolute Gasteiger partial charge is 0.329 e. The number of rotatable bonds is 3. The smallest absolute Gasteiger partial charge is 0.303 e. The van der Waals surface area contributed by atoms with E-state index in [1.807, 2.05) is 17.5 Å². The van der Waals surface area contributed by atoms with Gasteiger partial charge in [0.05, 0.1) is 6.54 Å². The Bertz CT molecular complexity index is 708. The molecule has 1 aromatic heterocycles. The van der Waals surface area contributed by atoms with Crippen LogP contribution in [0, 0.1) is 0 Å². The number of carbonyl (C=O) groups is 2. The second kappa shape index (κ2) is 5.71. The highest BCUT2D eigenvalue weighted by atomic mass is 35.5. The summed E-state index contributed by atoms with van der Waals surface area (Å²) < 4.78 is 0. The summed E-state index contributed by atoms with van der Waals surface area (Å²) >= 11 is 7.33. The van der Waals surface area contributed by atoms with E-state index in [0.29, 0.717) is 10.7 Å². The van der Waals surface area contributed by atoms with Gasteiger partial charge in [0.2, 0.25) is 0 Å². The van der Waals surface area contributed by atoms with Gasteiger partial charge in [-0.15, -0.1) is 11.3 Å². The SMILES string of the molecule is O=C1N/C(=C\c2cccs2)C(=O)N1Cc1ccc(Cl)cc1. The zero-order chi connectivity index (χ0) is 14.8. The van der Waals surface area contributed by atoms with E-state index in [-0.39, 0.29) is 12.5 Å². The molecule has 1 aromatic carbocycles. The van der Waals surface area contributed by atoms with Gasteiger partial charge in [-0.25, -0.2) is 4.79 Å². The second-order valence-corrected chi connectivity index (χ2v) is 5.94. The van der Waals surface area contributed by atoms with Gasteiger partial charge in [0, 0.05) is 9.90 Å². The summed E-state index contributed by atoms with van der Waals surface area (Å²) in [5.74, 6) is -0.316. The van der Waals surface area contributed by atoms with E-state index in [2.05, 4.69) is 5.32 Å². The van der Waals surface area contributed by atoms with Crippen molar-refractivity contribution < 1.29 is 9.59 Å². The molecule has 3 amide bonds. The molecule has 0 bridgehead atoms. The standard InChI is InChI=1S/C15H11ClN2O2S/c16-11-5-3-10(4-6-11)9-18-14(19)13(17-15(18)20)8-12-2-1-7-21-12/h1-8H,9H2,(H,17,20)/b13-8-. The lowest BCUT2D eigenvalue weighted by Crippen LogP contribution is -2.30. The first-order chi connectivity index (χ1) is 10.1. The summed E-state index contributed by atoms with van der Waals surface area (Å²) in [6, 6.07) is 10.4. The Labute approximate surface area is 130 Å². The zero-order valence-electron chi connectivity index (χ0n) is 10.9. The first-order valence-electron chi connectivity index (χ1n) is 6.26. The summed E-state index contributed by atoms with van der Waals surface area (Å²) in [5, 5.41) is 5.14. The molecule has 0 saturated carbocycles. The quantitative estimate of drug-likeness (QED) is 0.695. The van der Waals surface area contributed by atoms with E-state index in [0.717, 1.165) is 10.4 Å². The van der Waals surface area contributed by atoms with E-state index < -0.39 is 6.03 Å². The highest BCUT2D eigenvalue weighted by Gasteiger charge is 2.33. The number of thiophene rings is 1. The number of nitrogens with one attached hydrogen (secondary N) is 1. The molecular formula is C15H11ClN2O2S. The zero-order valence-corrected chi connectivity index (χ0v) is 12.4. The van der Waals surface area contributed by atoms with Gasteiger partial charge in [-0.05, 0) is 35.2 Å². The predicted octanol–water partition coefficient (Wildman–Crippen LogP) is 3.49. The van der Waals surface area contributed by atoms with Crippen LogP contribution in [0.3, 0.4) is 0 Å². The highest BCUT2D eigenvalue weighted by molar-refractivity contribution is 7.10. The van der Waals surface area contributed by atoms with Crippen molar-refractivity contribution in [1.82, 2.24) is 10.2 Å². The minimum absolute atomic E-state index is 0.226. The molecule has 1 saturated heterocycles. The number of amides is 3. The lowest BCUT2D eigenvalue weighted by atomic mass is 10.2. The normalized spacial score (nSPS) is 16.6. The average molecular weight is 319 g/mol. The van der Waals surface area contributed by atoms with Crippen LogP contribution in [0.25, 0.3) is 6.08 Å². The third-order valence-corrected chi connectivity index (χ3v) is 4.12. The maximum Gasteiger partial charge on any atom is 0.329 e. The molecule has 21 heavy (non-hydrogen) atoms. The number of imide groups is 1. The summed E-state index contributed by atoms with van der Waals surface area (Å²) in [6.07, 6.45) is 1.69. The fourth-order valence-electron chi connectivity index (χ4n) is 2.00. The molecule has 0 atom stereocenters. The lowest BCUT2D eigenvalue weighted by molar-refractivity contribution is -0.123. The second-order valence-electron chi connectivity index (χ2n) is 4.52. The molecule has 2 aromatic rings. The topological polar surface area (TPSA) is 49.4 Å². The van der Waals surface area contributed by atoms with Gasteiger partial charge in [-0.1, -0.05) is 29.8 Å². The fraction of sp³-hybridized carbons (Fsp3) is 0.0667. The summed E-state index contributed by atoms with van der Waals surface area (Å²) in [7, 11) is 0. The molecule has 3 rings (SSSR count). The Morgan fingerprint density at radius 3 is 2.62 bits per heavy atom. The van der Waals surface area contributed by atoms with Crippen LogP contribution in [-0.2, 0) is 11.3 Å². The molecule has 6 heteroatoms. The van der Waals surface area contributed by atoms with Gasteiger partial charge >= 0.3 is 6.03 Å². The molecule has 1 fully saturated rings. The van der Waals surface area contributed by atoms with Gasteiger partial charge in [0.1, 0.15) is 5.70 Å². The third kappa shape index (κ3) is 2.99. The predicted molar refractivity (Wildman–Crippen MR) is 82.8 cm³/mol. The Morgan fingerprint density at radius 2 is 1.95 bits per heavy atom. The molecule has 1 N–H and O–H groups in total. The molecule has 0 aliphatic carbocycles. The van der Waals surface area contributed by atoms with Crippen LogP contribution in [0.5, 0.6) is 0 Å². The van der Waals surface area contributed by atoms with E-state index in [4.69, 9.17) is 11.6 Å². The van der Waals surface area contributed by atoms with Gasteiger partial charge in [0.25, 0.3) is 5.91 Å². The first kappa shape index (κ1) is 13.9. The van der Waals surface area contributed by atoms with Crippen molar-refractivity contribution in [2.75, 3.05) is 0 Å². The molecule has 0 spiro atoms. The molecule has 0 unspecified atom stereocenters. The van der Waals surface area contributed by atoms with Crippen molar-refractivity contribution in [3.8, 4) is 0 Å². The number of hydrogen-bond acceptors (Lipinski definition) is 3. The molecular weight excluding hydrogens is 308 g/mol. The van der Waals surface area contributed by atoms with Crippen molar-refractivity contribution in [1.29, 1.82) is 0 Å². The van der Waals surface area contributed by atoms with Crippen LogP contribution >= 0.6 is 22.9 Å². The van der Waals surface area contributed by atoms with Crippen LogP contribution in [0.15, 0.2) is 47.5 Å². The van der Waals surface area contributed by atoms with Crippen LogP contribution in [0.2, 0.25) is 5.02 Å². The number of halogens is 1. The van der Waals surface area contributed by atoms with Crippen molar-refractivity contribution in [2.45, 2.75) is 6.54 Å². The summed E-state index contributed by atoms with van der Waals surface area (Å²) in [6.45, 7) is 0.226. The van der Waals surface area contributed by atoms with E-state index in [9.17, 15) is 9.59 Å². The maximum absolute atomic E-state index is 12.3. The van der Waals surface area contributed by atoms with Crippen molar-refractivity contribution in [3.63, 3.8) is 0 Å². The molecule has 1 aliphatic rings. The summed E-state index contributed by atoms with van der Waals surface area (Å²) in [5.41, 5.74) is 1.15. The van der Waals surface area contributed by atoms with Crippen molar-refractivity contribution in [2.24, 2.45) is 0 Å². The average Bonchev–Trinajstić information content (AvgIpc) is 3.06. The lowest BCUT2D eigenvalue weighted by Gasteiger charge is -2.11. The number of benzene rings is 1. The maximum atomic E-state index is 12.3. The third-order valence-electron chi connectivity index (χ3n) is 3.05. The summed E-state index contributed by atoms with van der Waals surface area (Å²) in [4.78, 5) is 26.3. The van der Waals surface area contributed by atoms with E-state index in [1.165, 1.54) is 16.2 Å². The molecule has 4 nitrogen and oxygen atoms in total. The van der Waals surface area contributed by atoms with Crippen LogP contribution < -0.4 is 5.32 Å². The molecule has 1 aliphatic heterocycles. The first-order valence-corrected chi connectivity index (χ1v) is 7.52. The van der Waals surface area contributed by atoms with Gasteiger partial charge < -0.3 is 5.32 Å². The fourth-order valence-corrected chi connectivity index (χ4v) is 2.79. The Hall–Kier alpha value is -2.11. The van der Waals surface area contributed by atoms with Crippen LogP contribution in [-0.4, -0.2) is 16.8 Å².